The van der Waals surface area contributed by atoms with Gasteiger partial charge in [-0.1, -0.05) is 33.6 Å². The molecule has 0 radical (unpaired) electrons. The number of rotatable bonds is 3. The van der Waals surface area contributed by atoms with Gasteiger partial charge in [-0.15, -0.1) is 11.3 Å². The number of Topliss-reactive ketones (excluding diaryl/α,β-unsaturated/α-hetero) is 1. The minimum Gasteiger partial charge on any atom is -0.307 e. The van der Waals surface area contributed by atoms with Crippen molar-refractivity contribution >= 4 is 17.1 Å². The number of nitrogens with zero attached hydrogens (tertiary/aromatic N) is 1. The number of carbonyl (C=O) groups excluding carboxylic acids is 1. The summed E-state index contributed by atoms with van der Waals surface area (Å²) >= 11 is 1.61. The van der Waals surface area contributed by atoms with E-state index in [1.165, 1.54) is 12.8 Å². The van der Waals surface area contributed by atoms with Crippen LogP contribution in [0.25, 0.3) is 0 Å². The summed E-state index contributed by atoms with van der Waals surface area (Å²) in [4.78, 5) is 16.9. The predicted molar refractivity (Wildman–Crippen MR) is 79.8 cm³/mol. The fourth-order valence-electron chi connectivity index (χ4n) is 2.31. The first kappa shape index (κ1) is 14.7. The van der Waals surface area contributed by atoms with Gasteiger partial charge in [0, 0.05) is 10.8 Å². The van der Waals surface area contributed by atoms with Gasteiger partial charge in [0.15, 0.2) is 5.78 Å². The summed E-state index contributed by atoms with van der Waals surface area (Å²) in [5, 5.41) is 6.41. The molecule has 4 heteroatoms. The number of aromatic nitrogens is 1. The Bertz CT molecular complexity index is 426. The molecule has 1 saturated heterocycles. The van der Waals surface area contributed by atoms with Gasteiger partial charge in [0.2, 0.25) is 0 Å². The van der Waals surface area contributed by atoms with Crippen LogP contribution in [-0.2, 0) is 16.6 Å². The standard InChI is InChI=1S/C15H24N2OS/c1-15(2,3)13-10-19-14(17-13)9-12(18)11-7-5-4-6-8-16-11/h10-11,16H,4-9H2,1-3H3. The highest BCUT2D eigenvalue weighted by Gasteiger charge is 2.22. The molecule has 0 saturated carbocycles. The normalized spacial score (nSPS) is 21.1. The maximum atomic E-state index is 12.3. The minimum atomic E-state index is 0.0458. The van der Waals surface area contributed by atoms with Crippen LogP contribution in [0.4, 0.5) is 0 Å². The van der Waals surface area contributed by atoms with Gasteiger partial charge in [-0.05, 0) is 19.4 Å². The largest absolute Gasteiger partial charge is 0.307 e. The number of hydrogen-bond acceptors (Lipinski definition) is 4. The van der Waals surface area contributed by atoms with E-state index >= 15 is 0 Å². The summed E-state index contributed by atoms with van der Waals surface area (Å²) in [6.07, 6.45) is 5.06. The second-order valence-electron chi connectivity index (χ2n) is 6.38. The Kier molecular flexibility index (Phi) is 4.74. The lowest BCUT2D eigenvalue weighted by molar-refractivity contribution is -0.120. The molecule has 2 heterocycles. The highest BCUT2D eigenvalue weighted by Crippen LogP contribution is 2.24. The summed E-state index contributed by atoms with van der Waals surface area (Å²) in [5.41, 5.74) is 1.16. The zero-order chi connectivity index (χ0) is 13.9. The zero-order valence-electron chi connectivity index (χ0n) is 12.2. The third-order valence-electron chi connectivity index (χ3n) is 3.59. The van der Waals surface area contributed by atoms with E-state index < -0.39 is 0 Å². The average molecular weight is 280 g/mol. The molecule has 1 atom stereocenters. The second kappa shape index (κ2) is 6.14. The zero-order valence-corrected chi connectivity index (χ0v) is 13.0. The summed E-state index contributed by atoms with van der Waals surface area (Å²) in [6, 6.07) is 0.0458. The lowest BCUT2D eigenvalue weighted by Gasteiger charge is -2.15. The minimum absolute atomic E-state index is 0.0458. The molecule has 1 unspecified atom stereocenters. The molecular weight excluding hydrogens is 256 g/mol. The van der Waals surface area contributed by atoms with E-state index in [1.807, 2.05) is 0 Å². The van der Waals surface area contributed by atoms with Crippen LogP contribution >= 0.6 is 11.3 Å². The molecule has 1 fully saturated rings. The third-order valence-corrected chi connectivity index (χ3v) is 4.44. The SMILES string of the molecule is CC(C)(C)c1csc(CC(=O)C2CCCCCN2)n1. The molecule has 1 aromatic rings. The average Bonchev–Trinajstić information content (AvgIpc) is 2.63. The molecule has 3 nitrogen and oxygen atoms in total. The molecule has 19 heavy (non-hydrogen) atoms. The Morgan fingerprint density at radius 1 is 1.42 bits per heavy atom. The highest BCUT2D eigenvalue weighted by atomic mass is 32.1. The van der Waals surface area contributed by atoms with E-state index in [2.05, 4.69) is 36.5 Å². The fraction of sp³-hybridized carbons (Fsp3) is 0.733. The van der Waals surface area contributed by atoms with Gasteiger partial charge >= 0.3 is 0 Å². The van der Waals surface area contributed by atoms with Gasteiger partial charge in [-0.2, -0.15) is 0 Å². The number of thiazole rings is 1. The van der Waals surface area contributed by atoms with E-state index in [9.17, 15) is 4.79 Å². The molecule has 1 aromatic heterocycles. The molecule has 1 aliphatic rings. The van der Waals surface area contributed by atoms with Gasteiger partial charge in [0.05, 0.1) is 18.2 Å². The maximum Gasteiger partial charge on any atom is 0.156 e. The lowest BCUT2D eigenvalue weighted by Crippen LogP contribution is -2.36. The first-order valence-electron chi connectivity index (χ1n) is 7.18. The van der Waals surface area contributed by atoms with Gasteiger partial charge in [-0.25, -0.2) is 4.98 Å². The molecule has 0 aliphatic carbocycles. The van der Waals surface area contributed by atoms with E-state index in [4.69, 9.17) is 0 Å². The molecule has 2 rings (SSSR count). The Labute approximate surface area is 119 Å². The van der Waals surface area contributed by atoms with Crippen LogP contribution in [-0.4, -0.2) is 23.4 Å². The molecule has 0 amide bonds. The topological polar surface area (TPSA) is 42.0 Å². The van der Waals surface area contributed by atoms with Crippen molar-refractivity contribution in [3.63, 3.8) is 0 Å². The van der Waals surface area contributed by atoms with Crippen LogP contribution in [0, 0.1) is 0 Å². The first-order chi connectivity index (χ1) is 8.97. The molecule has 0 bridgehead atoms. The van der Waals surface area contributed by atoms with E-state index in [-0.39, 0.29) is 11.5 Å². The van der Waals surface area contributed by atoms with Crippen LogP contribution in [0.3, 0.4) is 0 Å². The summed E-state index contributed by atoms with van der Waals surface area (Å²) in [7, 11) is 0. The van der Waals surface area contributed by atoms with Crippen LogP contribution in [0.2, 0.25) is 0 Å². The highest BCUT2D eigenvalue weighted by molar-refractivity contribution is 7.09. The monoisotopic (exact) mass is 280 g/mol. The van der Waals surface area contributed by atoms with Crippen molar-refractivity contribution in [2.45, 2.75) is 64.3 Å². The molecule has 1 aliphatic heterocycles. The molecule has 1 N–H and O–H groups in total. The molecular formula is C15H24N2OS. The van der Waals surface area contributed by atoms with Crippen molar-refractivity contribution in [2.75, 3.05) is 6.54 Å². The van der Waals surface area contributed by atoms with Crippen LogP contribution in [0.5, 0.6) is 0 Å². The summed E-state index contributed by atoms with van der Waals surface area (Å²) in [6.45, 7) is 7.43. The van der Waals surface area contributed by atoms with Crippen molar-refractivity contribution in [1.29, 1.82) is 0 Å². The van der Waals surface area contributed by atoms with Crippen molar-refractivity contribution < 1.29 is 4.79 Å². The van der Waals surface area contributed by atoms with Crippen LogP contribution in [0.1, 0.15) is 57.2 Å². The van der Waals surface area contributed by atoms with E-state index in [0.717, 1.165) is 30.1 Å². The molecule has 0 spiro atoms. The van der Waals surface area contributed by atoms with Crippen molar-refractivity contribution in [3.05, 3.63) is 16.1 Å². The fourth-order valence-corrected chi connectivity index (χ4v) is 3.34. The van der Waals surface area contributed by atoms with Gasteiger partial charge in [0.1, 0.15) is 5.01 Å². The van der Waals surface area contributed by atoms with Gasteiger partial charge < -0.3 is 5.32 Å². The van der Waals surface area contributed by atoms with Crippen molar-refractivity contribution in [2.24, 2.45) is 0 Å². The number of hydrogen-bond donors (Lipinski definition) is 1. The maximum absolute atomic E-state index is 12.3. The van der Waals surface area contributed by atoms with Crippen molar-refractivity contribution in [3.8, 4) is 0 Å². The molecule has 0 aromatic carbocycles. The third kappa shape index (κ3) is 4.11. The summed E-state index contributed by atoms with van der Waals surface area (Å²) < 4.78 is 0. The molecule has 106 valence electrons. The Hall–Kier alpha value is -0.740. The van der Waals surface area contributed by atoms with Crippen LogP contribution in [0.15, 0.2) is 5.38 Å². The number of ketones is 1. The van der Waals surface area contributed by atoms with Gasteiger partial charge in [0.25, 0.3) is 0 Å². The Balaban J connectivity index is 1.96. The smallest absolute Gasteiger partial charge is 0.156 e. The quantitative estimate of drug-likeness (QED) is 0.925. The Morgan fingerprint density at radius 2 is 2.21 bits per heavy atom. The van der Waals surface area contributed by atoms with E-state index in [1.54, 1.807) is 11.3 Å². The lowest BCUT2D eigenvalue weighted by atomic mass is 9.93. The van der Waals surface area contributed by atoms with Crippen LogP contribution < -0.4 is 5.32 Å². The summed E-state index contributed by atoms with van der Waals surface area (Å²) in [5.74, 6) is 0.303. The predicted octanol–water partition coefficient (Wildman–Crippen LogP) is 3.08. The van der Waals surface area contributed by atoms with Crippen molar-refractivity contribution in [1.82, 2.24) is 10.3 Å². The number of carbonyl (C=O) groups is 1. The first-order valence-corrected chi connectivity index (χ1v) is 8.06. The second-order valence-corrected chi connectivity index (χ2v) is 7.32. The number of nitrogens with one attached hydrogen (secondary N) is 1. The van der Waals surface area contributed by atoms with E-state index in [0.29, 0.717) is 12.2 Å². The Morgan fingerprint density at radius 3 is 2.89 bits per heavy atom. The van der Waals surface area contributed by atoms with Gasteiger partial charge in [-0.3, -0.25) is 4.79 Å².